The van der Waals surface area contributed by atoms with E-state index in [9.17, 15) is 4.79 Å². The smallest absolute Gasteiger partial charge is 0.267 e. The van der Waals surface area contributed by atoms with Gasteiger partial charge >= 0.3 is 0 Å². The van der Waals surface area contributed by atoms with Crippen LogP contribution in [0, 0.1) is 0 Å². The topological polar surface area (TPSA) is 74.6 Å². The maximum atomic E-state index is 13.5. The summed E-state index contributed by atoms with van der Waals surface area (Å²) in [5.74, 6) is 2.47. The molecule has 0 saturated heterocycles. The Labute approximate surface area is 214 Å². The van der Waals surface area contributed by atoms with E-state index >= 15 is 0 Å². The number of nitrogens with zero attached hydrogens (tertiary/aromatic N) is 2. The molecule has 1 heterocycles. The number of nitrogens with one attached hydrogen (secondary N) is 1. The predicted octanol–water partition coefficient (Wildman–Crippen LogP) is 5.46. The van der Waals surface area contributed by atoms with Crippen LogP contribution in [-0.4, -0.2) is 29.8 Å². The molecule has 0 atom stereocenters. The van der Waals surface area contributed by atoms with Crippen LogP contribution >= 0.6 is 0 Å². The zero-order valence-electron chi connectivity index (χ0n) is 20.5. The molecule has 0 spiro atoms. The first-order valence-electron chi connectivity index (χ1n) is 12.0. The molecule has 186 valence electrons. The van der Waals surface area contributed by atoms with Gasteiger partial charge in [0, 0.05) is 0 Å². The van der Waals surface area contributed by atoms with Gasteiger partial charge in [-0.25, -0.2) is 9.55 Å². The predicted molar refractivity (Wildman–Crippen MR) is 145 cm³/mol. The second-order valence-corrected chi connectivity index (χ2v) is 8.29. The van der Waals surface area contributed by atoms with Crippen LogP contribution in [0.5, 0.6) is 17.2 Å². The average Bonchev–Trinajstić information content (AvgIpc) is 2.95. The first kappa shape index (κ1) is 23.9. The van der Waals surface area contributed by atoms with Gasteiger partial charge in [0.1, 0.15) is 19.0 Å². The first-order valence-corrected chi connectivity index (χ1v) is 12.0. The SMILES string of the molecule is COc1ccccc1OCCNc1nc2ccccc2c(=O)n1-c1ccc(OCc2ccccc2)cc1. The normalized spacial score (nSPS) is 10.7. The third kappa shape index (κ3) is 5.56. The molecule has 1 N–H and O–H groups in total. The zero-order valence-corrected chi connectivity index (χ0v) is 20.5. The van der Waals surface area contributed by atoms with Crippen molar-refractivity contribution in [3.05, 3.63) is 119 Å². The Kier molecular flexibility index (Phi) is 7.31. The van der Waals surface area contributed by atoms with Crippen molar-refractivity contribution in [2.24, 2.45) is 0 Å². The van der Waals surface area contributed by atoms with Gasteiger partial charge in [-0.05, 0) is 54.1 Å². The summed E-state index contributed by atoms with van der Waals surface area (Å²) < 4.78 is 18.7. The highest BCUT2D eigenvalue weighted by atomic mass is 16.5. The fourth-order valence-electron chi connectivity index (χ4n) is 3.99. The number of hydrogen-bond donors (Lipinski definition) is 1. The lowest BCUT2D eigenvalue weighted by molar-refractivity contribution is 0.305. The quantitative estimate of drug-likeness (QED) is 0.260. The molecule has 1 aromatic heterocycles. The van der Waals surface area contributed by atoms with Gasteiger partial charge in [0.15, 0.2) is 11.5 Å². The number of methoxy groups -OCH3 is 1. The zero-order chi connectivity index (χ0) is 25.5. The van der Waals surface area contributed by atoms with Crippen LogP contribution in [0.3, 0.4) is 0 Å². The van der Waals surface area contributed by atoms with Crippen LogP contribution in [0.15, 0.2) is 108 Å². The van der Waals surface area contributed by atoms with E-state index in [1.165, 1.54) is 0 Å². The van der Waals surface area contributed by atoms with E-state index in [-0.39, 0.29) is 5.56 Å². The van der Waals surface area contributed by atoms with E-state index in [1.54, 1.807) is 17.7 Å². The molecular weight excluding hydrogens is 466 g/mol. The number of aromatic nitrogens is 2. The first-order chi connectivity index (χ1) is 18.2. The molecule has 0 amide bonds. The van der Waals surface area contributed by atoms with Gasteiger partial charge in [-0.2, -0.15) is 0 Å². The van der Waals surface area contributed by atoms with Gasteiger partial charge in [0.05, 0.1) is 30.2 Å². The molecule has 0 aliphatic rings. The second-order valence-electron chi connectivity index (χ2n) is 8.29. The van der Waals surface area contributed by atoms with Gasteiger partial charge in [-0.3, -0.25) is 4.79 Å². The monoisotopic (exact) mass is 493 g/mol. The molecule has 0 aliphatic heterocycles. The van der Waals surface area contributed by atoms with Crippen molar-refractivity contribution in [1.29, 1.82) is 0 Å². The minimum Gasteiger partial charge on any atom is -0.493 e. The molecule has 37 heavy (non-hydrogen) atoms. The Morgan fingerprint density at radius 2 is 1.49 bits per heavy atom. The Morgan fingerprint density at radius 3 is 2.27 bits per heavy atom. The highest BCUT2D eigenvalue weighted by Gasteiger charge is 2.13. The van der Waals surface area contributed by atoms with Crippen molar-refractivity contribution < 1.29 is 14.2 Å². The van der Waals surface area contributed by atoms with E-state index in [0.717, 1.165) is 5.56 Å². The van der Waals surface area contributed by atoms with Gasteiger partial charge in [0.25, 0.3) is 5.56 Å². The van der Waals surface area contributed by atoms with Crippen molar-refractivity contribution in [3.63, 3.8) is 0 Å². The molecule has 5 aromatic rings. The minimum absolute atomic E-state index is 0.156. The molecule has 0 aliphatic carbocycles. The molecule has 5 rings (SSSR count). The Bertz CT molecular complexity index is 1530. The summed E-state index contributed by atoms with van der Waals surface area (Å²) in [4.78, 5) is 18.2. The van der Waals surface area contributed by atoms with Crippen molar-refractivity contribution in [3.8, 4) is 22.9 Å². The van der Waals surface area contributed by atoms with Crippen LogP contribution in [0.4, 0.5) is 5.95 Å². The Morgan fingerprint density at radius 1 is 0.784 bits per heavy atom. The molecular formula is C30H27N3O4. The van der Waals surface area contributed by atoms with Crippen LogP contribution in [0.1, 0.15) is 5.56 Å². The molecule has 0 radical (unpaired) electrons. The molecule has 7 nitrogen and oxygen atoms in total. The van der Waals surface area contributed by atoms with Gasteiger partial charge < -0.3 is 19.5 Å². The number of para-hydroxylation sites is 3. The molecule has 0 bridgehead atoms. The fourth-order valence-corrected chi connectivity index (χ4v) is 3.99. The highest BCUT2D eigenvalue weighted by Crippen LogP contribution is 2.25. The van der Waals surface area contributed by atoms with Crippen LogP contribution in [0.25, 0.3) is 16.6 Å². The van der Waals surface area contributed by atoms with Gasteiger partial charge in [-0.1, -0.05) is 54.6 Å². The van der Waals surface area contributed by atoms with Crippen molar-refractivity contribution in [2.45, 2.75) is 6.61 Å². The Hall–Kier alpha value is -4.78. The van der Waals surface area contributed by atoms with Gasteiger partial charge in [-0.15, -0.1) is 0 Å². The van der Waals surface area contributed by atoms with Gasteiger partial charge in [0.2, 0.25) is 5.95 Å². The van der Waals surface area contributed by atoms with Crippen molar-refractivity contribution in [1.82, 2.24) is 9.55 Å². The summed E-state index contributed by atoms with van der Waals surface area (Å²) in [5, 5.41) is 3.81. The van der Waals surface area contributed by atoms with E-state index in [2.05, 4.69) is 5.32 Å². The minimum atomic E-state index is -0.156. The molecule has 4 aromatic carbocycles. The maximum absolute atomic E-state index is 13.5. The summed E-state index contributed by atoms with van der Waals surface area (Å²) in [5.41, 5.74) is 2.24. The largest absolute Gasteiger partial charge is 0.493 e. The lowest BCUT2D eigenvalue weighted by Gasteiger charge is -2.16. The van der Waals surface area contributed by atoms with Crippen molar-refractivity contribution in [2.75, 3.05) is 25.6 Å². The number of hydrogen-bond acceptors (Lipinski definition) is 6. The van der Waals surface area contributed by atoms with Crippen LogP contribution < -0.4 is 25.1 Å². The van der Waals surface area contributed by atoms with E-state index in [0.29, 0.717) is 59.5 Å². The fraction of sp³-hybridized carbons (Fsp3) is 0.133. The second kappa shape index (κ2) is 11.3. The third-order valence-electron chi connectivity index (χ3n) is 5.83. The summed E-state index contributed by atoms with van der Waals surface area (Å²) in [7, 11) is 1.61. The van der Waals surface area contributed by atoms with Crippen LogP contribution in [-0.2, 0) is 6.61 Å². The number of rotatable bonds is 10. The van der Waals surface area contributed by atoms with Crippen molar-refractivity contribution >= 4 is 16.9 Å². The maximum Gasteiger partial charge on any atom is 0.267 e. The Balaban J connectivity index is 1.36. The molecule has 0 unspecified atom stereocenters. The summed E-state index contributed by atoms with van der Waals surface area (Å²) in [6, 6.07) is 32.2. The standard InChI is InChI=1S/C30H27N3O4/c1-35-27-13-7-8-14-28(27)36-20-19-31-30-32-26-12-6-5-11-25(26)29(34)33(30)23-15-17-24(18-16-23)37-21-22-9-3-2-4-10-22/h2-18H,19-21H2,1H3,(H,31,32). The lowest BCUT2D eigenvalue weighted by atomic mass is 10.2. The van der Waals surface area contributed by atoms with E-state index < -0.39 is 0 Å². The summed E-state index contributed by atoms with van der Waals surface area (Å²) >= 11 is 0. The summed E-state index contributed by atoms with van der Waals surface area (Å²) in [6.45, 7) is 1.26. The number of anilines is 1. The summed E-state index contributed by atoms with van der Waals surface area (Å²) in [6.07, 6.45) is 0. The van der Waals surface area contributed by atoms with Crippen LogP contribution in [0.2, 0.25) is 0 Å². The number of benzene rings is 4. The number of fused-ring (bicyclic) bond motifs is 1. The molecule has 0 saturated carbocycles. The van der Waals surface area contributed by atoms with E-state index in [1.807, 2.05) is 97.1 Å². The van der Waals surface area contributed by atoms with E-state index in [4.69, 9.17) is 19.2 Å². The lowest BCUT2D eigenvalue weighted by Crippen LogP contribution is -2.25. The molecule has 7 heteroatoms. The third-order valence-corrected chi connectivity index (χ3v) is 5.83. The number of ether oxygens (including phenoxy) is 3. The highest BCUT2D eigenvalue weighted by molar-refractivity contribution is 5.79. The molecule has 0 fully saturated rings. The average molecular weight is 494 g/mol.